The summed E-state index contributed by atoms with van der Waals surface area (Å²) in [7, 11) is -3.86. The number of hydrogen-bond acceptors (Lipinski definition) is 5. The number of rotatable bonds is 3. The lowest BCUT2D eigenvalue weighted by Crippen LogP contribution is -2.55. The van der Waals surface area contributed by atoms with E-state index in [2.05, 4.69) is 15.9 Å². The van der Waals surface area contributed by atoms with E-state index in [1.807, 2.05) is 0 Å². The van der Waals surface area contributed by atoms with Crippen LogP contribution in [0.5, 0.6) is 0 Å². The molecule has 1 saturated heterocycles. The van der Waals surface area contributed by atoms with Crippen LogP contribution in [0.25, 0.3) is 0 Å². The average Bonchev–Trinajstić information content (AvgIpc) is 2.71. The number of halogens is 1. The van der Waals surface area contributed by atoms with E-state index in [1.54, 1.807) is 13.8 Å². The minimum Gasteiger partial charge on any atom is -0.475 e. The lowest BCUT2D eigenvalue weighted by molar-refractivity contribution is -0.00774. The van der Waals surface area contributed by atoms with Gasteiger partial charge in [0.1, 0.15) is 4.90 Å². The first kappa shape index (κ1) is 15.5. The standard InChI is InChI=1S/C11H14BrNO6S/c1-11(2)6-18-4-3-13(11)20(16,17)8-5-7(10(14)15)19-9(8)12/h5H,3-4,6H2,1-2H3,(H,14,15). The molecule has 2 heterocycles. The molecule has 1 fully saturated rings. The zero-order valence-electron chi connectivity index (χ0n) is 10.9. The van der Waals surface area contributed by atoms with Gasteiger partial charge in [0.15, 0.2) is 4.67 Å². The van der Waals surface area contributed by atoms with Crippen LogP contribution in [0.3, 0.4) is 0 Å². The van der Waals surface area contributed by atoms with Crippen LogP contribution in [-0.4, -0.2) is 49.1 Å². The third-order valence-electron chi connectivity index (χ3n) is 3.00. The number of morpholine rings is 1. The number of ether oxygens (including phenoxy) is 1. The highest BCUT2D eigenvalue weighted by molar-refractivity contribution is 9.10. The normalized spacial score (nSPS) is 19.9. The van der Waals surface area contributed by atoms with Gasteiger partial charge in [-0.3, -0.25) is 0 Å². The third kappa shape index (κ3) is 2.62. The molecule has 112 valence electrons. The summed E-state index contributed by atoms with van der Waals surface area (Å²) in [5.74, 6) is -1.75. The van der Waals surface area contributed by atoms with Gasteiger partial charge in [-0.25, -0.2) is 13.2 Å². The Labute approximate surface area is 124 Å². The Morgan fingerprint density at radius 3 is 2.65 bits per heavy atom. The molecule has 0 spiro atoms. The Morgan fingerprint density at radius 1 is 1.50 bits per heavy atom. The molecule has 1 N–H and O–H groups in total. The van der Waals surface area contributed by atoms with Crippen LogP contribution in [0.2, 0.25) is 0 Å². The molecule has 0 saturated carbocycles. The minimum atomic E-state index is -3.86. The van der Waals surface area contributed by atoms with E-state index >= 15 is 0 Å². The Kier molecular flexibility index (Phi) is 3.98. The maximum absolute atomic E-state index is 12.6. The van der Waals surface area contributed by atoms with Crippen molar-refractivity contribution in [2.24, 2.45) is 0 Å². The summed E-state index contributed by atoms with van der Waals surface area (Å²) in [5, 5.41) is 8.86. The first-order valence-electron chi connectivity index (χ1n) is 5.79. The van der Waals surface area contributed by atoms with E-state index < -0.39 is 27.3 Å². The van der Waals surface area contributed by atoms with Gasteiger partial charge >= 0.3 is 5.97 Å². The molecule has 2 rings (SSSR count). The highest BCUT2D eigenvalue weighted by Gasteiger charge is 2.41. The zero-order valence-corrected chi connectivity index (χ0v) is 13.3. The number of hydrogen-bond donors (Lipinski definition) is 1. The van der Waals surface area contributed by atoms with Crippen LogP contribution in [0.4, 0.5) is 0 Å². The van der Waals surface area contributed by atoms with E-state index in [1.165, 1.54) is 4.31 Å². The second-order valence-corrected chi connectivity index (χ2v) is 7.55. The first-order chi connectivity index (χ1) is 9.16. The summed E-state index contributed by atoms with van der Waals surface area (Å²) in [6.07, 6.45) is 0. The van der Waals surface area contributed by atoms with Gasteiger partial charge in [-0.1, -0.05) is 0 Å². The van der Waals surface area contributed by atoms with Crippen molar-refractivity contribution in [1.29, 1.82) is 0 Å². The van der Waals surface area contributed by atoms with Gasteiger partial charge in [0.2, 0.25) is 15.8 Å². The average molecular weight is 368 g/mol. The Bertz CT molecular complexity index is 635. The summed E-state index contributed by atoms with van der Waals surface area (Å²) in [5.41, 5.74) is -0.711. The maximum Gasteiger partial charge on any atom is 0.371 e. The largest absolute Gasteiger partial charge is 0.475 e. The molecule has 1 aliphatic heterocycles. The van der Waals surface area contributed by atoms with Crippen molar-refractivity contribution in [2.45, 2.75) is 24.3 Å². The van der Waals surface area contributed by atoms with Crippen molar-refractivity contribution in [3.05, 3.63) is 16.5 Å². The Hall–Kier alpha value is -0.900. The molecule has 9 heteroatoms. The second-order valence-electron chi connectivity index (χ2n) is 5.00. The quantitative estimate of drug-likeness (QED) is 0.869. The number of carboxylic acids is 1. The topological polar surface area (TPSA) is 97.0 Å². The highest BCUT2D eigenvalue weighted by Crippen LogP contribution is 2.33. The molecule has 1 aliphatic rings. The fraction of sp³-hybridized carbons (Fsp3) is 0.545. The molecule has 0 amide bonds. The van der Waals surface area contributed by atoms with Crippen molar-refractivity contribution >= 4 is 31.9 Å². The SMILES string of the molecule is CC1(C)COCCN1S(=O)(=O)c1cc(C(=O)O)oc1Br. The van der Waals surface area contributed by atoms with E-state index in [-0.39, 0.29) is 22.7 Å². The van der Waals surface area contributed by atoms with Crippen LogP contribution >= 0.6 is 15.9 Å². The molecule has 0 bridgehead atoms. The van der Waals surface area contributed by atoms with Crippen LogP contribution in [0.1, 0.15) is 24.4 Å². The number of furan rings is 1. The fourth-order valence-corrected chi connectivity index (χ4v) is 4.70. The smallest absolute Gasteiger partial charge is 0.371 e. The monoisotopic (exact) mass is 367 g/mol. The van der Waals surface area contributed by atoms with E-state index in [9.17, 15) is 13.2 Å². The second kappa shape index (κ2) is 5.14. The molecule has 20 heavy (non-hydrogen) atoms. The molecule has 0 unspecified atom stereocenters. The van der Waals surface area contributed by atoms with Crippen LogP contribution < -0.4 is 0 Å². The molecule has 0 aliphatic carbocycles. The predicted octanol–water partition coefficient (Wildman–Crippen LogP) is 1.54. The van der Waals surface area contributed by atoms with Crippen molar-refractivity contribution in [1.82, 2.24) is 4.31 Å². The van der Waals surface area contributed by atoms with Crippen molar-refractivity contribution in [3.63, 3.8) is 0 Å². The van der Waals surface area contributed by atoms with Gasteiger partial charge in [0.25, 0.3) is 0 Å². The van der Waals surface area contributed by atoms with Gasteiger partial charge in [0.05, 0.1) is 18.8 Å². The van der Waals surface area contributed by atoms with Crippen molar-refractivity contribution in [2.75, 3.05) is 19.8 Å². The van der Waals surface area contributed by atoms with Crippen LogP contribution in [0.15, 0.2) is 20.0 Å². The maximum atomic E-state index is 12.6. The molecular formula is C11H14BrNO6S. The van der Waals surface area contributed by atoms with Gasteiger partial charge in [-0.2, -0.15) is 4.31 Å². The molecule has 7 nitrogen and oxygen atoms in total. The number of carboxylic acid groups (broad SMARTS) is 1. The molecular weight excluding hydrogens is 354 g/mol. The Morgan fingerprint density at radius 2 is 2.15 bits per heavy atom. The lowest BCUT2D eigenvalue weighted by Gasteiger charge is -2.40. The number of nitrogens with zero attached hydrogens (tertiary/aromatic N) is 1. The summed E-state index contributed by atoms with van der Waals surface area (Å²) in [4.78, 5) is 10.7. The fourth-order valence-electron chi connectivity index (χ4n) is 2.04. The molecule has 1 aromatic rings. The number of sulfonamides is 1. The summed E-state index contributed by atoms with van der Waals surface area (Å²) in [6, 6.07) is 1.01. The van der Waals surface area contributed by atoms with E-state index in [4.69, 9.17) is 14.3 Å². The summed E-state index contributed by atoms with van der Waals surface area (Å²) in [6.45, 7) is 4.26. The molecule has 0 aromatic carbocycles. The minimum absolute atomic E-state index is 0.114. The molecule has 1 aromatic heterocycles. The zero-order chi connectivity index (χ0) is 15.1. The van der Waals surface area contributed by atoms with Crippen molar-refractivity contribution < 1.29 is 27.5 Å². The van der Waals surface area contributed by atoms with Crippen LogP contribution in [0, 0.1) is 0 Å². The summed E-state index contributed by atoms with van der Waals surface area (Å²) >= 11 is 2.96. The van der Waals surface area contributed by atoms with Crippen molar-refractivity contribution in [3.8, 4) is 0 Å². The van der Waals surface area contributed by atoms with Gasteiger partial charge in [-0.05, 0) is 29.8 Å². The molecule has 0 atom stereocenters. The van der Waals surface area contributed by atoms with E-state index in [0.717, 1.165) is 6.07 Å². The predicted molar refractivity (Wildman–Crippen MR) is 72.2 cm³/mol. The third-order valence-corrected chi connectivity index (χ3v) is 5.97. The van der Waals surface area contributed by atoms with Gasteiger partial charge in [0, 0.05) is 12.6 Å². The Balaban J connectivity index is 2.47. The summed E-state index contributed by atoms with van der Waals surface area (Å²) < 4.78 is 36.7. The van der Waals surface area contributed by atoms with Gasteiger partial charge < -0.3 is 14.3 Å². The van der Waals surface area contributed by atoms with E-state index in [0.29, 0.717) is 6.61 Å². The number of carbonyl (C=O) groups is 1. The number of aromatic carboxylic acids is 1. The van der Waals surface area contributed by atoms with Crippen LogP contribution in [-0.2, 0) is 14.8 Å². The molecule has 0 radical (unpaired) electrons. The van der Waals surface area contributed by atoms with Gasteiger partial charge in [-0.15, -0.1) is 0 Å². The highest BCUT2D eigenvalue weighted by atomic mass is 79.9. The lowest BCUT2D eigenvalue weighted by atomic mass is 10.1. The first-order valence-corrected chi connectivity index (χ1v) is 8.03.